The van der Waals surface area contributed by atoms with Crippen LogP contribution in [0.1, 0.15) is 44.5 Å². The highest BCUT2D eigenvalue weighted by Crippen LogP contribution is 2.39. The van der Waals surface area contributed by atoms with Crippen molar-refractivity contribution in [2.75, 3.05) is 46.0 Å². The van der Waals surface area contributed by atoms with Crippen LogP contribution in [-0.2, 0) is 4.79 Å². The van der Waals surface area contributed by atoms with Crippen LogP contribution >= 0.6 is 0 Å². The molecule has 1 aliphatic rings. The first-order valence-electron chi connectivity index (χ1n) is 9.69. The van der Waals surface area contributed by atoms with Gasteiger partial charge in [-0.3, -0.25) is 9.59 Å². The summed E-state index contributed by atoms with van der Waals surface area (Å²) in [6.45, 7) is 11.1. The second kappa shape index (κ2) is 10.0. The maximum atomic E-state index is 13.0. The third-order valence-electron chi connectivity index (χ3n) is 4.38. The van der Waals surface area contributed by atoms with Gasteiger partial charge in [0.1, 0.15) is 0 Å². The highest BCUT2D eigenvalue weighted by Gasteiger charge is 2.26. The van der Waals surface area contributed by atoms with E-state index in [1.54, 1.807) is 21.9 Å². The molecule has 1 aliphatic heterocycles. The largest absolute Gasteiger partial charge is 0.490 e. The van der Waals surface area contributed by atoms with Gasteiger partial charge in [-0.1, -0.05) is 6.92 Å². The minimum Gasteiger partial charge on any atom is -0.490 e. The van der Waals surface area contributed by atoms with Crippen LogP contribution in [0.4, 0.5) is 0 Å². The predicted molar refractivity (Wildman–Crippen MR) is 103 cm³/mol. The summed E-state index contributed by atoms with van der Waals surface area (Å²) in [5, 5.41) is 0. The Kier molecular flexibility index (Phi) is 7.76. The molecule has 1 aromatic rings. The highest BCUT2D eigenvalue weighted by molar-refractivity contribution is 5.96. The standard InChI is InChI=1S/C20H30N2O5/c1-5-18(23)21-9-11-22(12-10-21)20(24)15-13-16(25-6-2)19(27-8-4)17(14-15)26-7-3/h13-14H,5-12H2,1-4H3. The number of hydrogen-bond donors (Lipinski definition) is 0. The molecule has 2 rings (SSSR count). The molecule has 0 radical (unpaired) electrons. The van der Waals surface area contributed by atoms with Gasteiger partial charge in [-0.15, -0.1) is 0 Å². The first-order valence-corrected chi connectivity index (χ1v) is 9.69. The Bertz CT molecular complexity index is 627. The zero-order valence-electron chi connectivity index (χ0n) is 16.7. The van der Waals surface area contributed by atoms with E-state index in [0.717, 1.165) is 0 Å². The zero-order valence-corrected chi connectivity index (χ0v) is 16.7. The number of amides is 2. The summed E-state index contributed by atoms with van der Waals surface area (Å²) in [7, 11) is 0. The number of hydrogen-bond acceptors (Lipinski definition) is 5. The minimum atomic E-state index is -0.0939. The smallest absolute Gasteiger partial charge is 0.254 e. The van der Waals surface area contributed by atoms with E-state index in [-0.39, 0.29) is 11.8 Å². The molecule has 1 fully saturated rings. The summed E-state index contributed by atoms with van der Waals surface area (Å²) in [6.07, 6.45) is 0.488. The topological polar surface area (TPSA) is 68.3 Å². The van der Waals surface area contributed by atoms with Crippen molar-refractivity contribution in [3.63, 3.8) is 0 Å². The van der Waals surface area contributed by atoms with Crippen LogP contribution in [-0.4, -0.2) is 67.6 Å². The SMILES string of the molecule is CCOc1cc(C(=O)N2CCN(C(=O)CC)CC2)cc(OCC)c1OCC. The number of carbonyl (C=O) groups is 2. The van der Waals surface area contributed by atoms with Gasteiger partial charge in [0.25, 0.3) is 5.91 Å². The lowest BCUT2D eigenvalue weighted by Crippen LogP contribution is -2.50. The number of carbonyl (C=O) groups excluding carboxylic acids is 2. The van der Waals surface area contributed by atoms with Gasteiger partial charge in [-0.05, 0) is 32.9 Å². The van der Waals surface area contributed by atoms with Gasteiger partial charge in [-0.2, -0.15) is 0 Å². The lowest BCUT2D eigenvalue weighted by Gasteiger charge is -2.34. The molecule has 1 saturated heterocycles. The van der Waals surface area contributed by atoms with Crippen LogP contribution in [0.15, 0.2) is 12.1 Å². The zero-order chi connectivity index (χ0) is 19.8. The Labute approximate surface area is 161 Å². The molecule has 1 aromatic carbocycles. The van der Waals surface area contributed by atoms with Gasteiger partial charge in [0.2, 0.25) is 11.7 Å². The number of nitrogens with zero attached hydrogens (tertiary/aromatic N) is 2. The average molecular weight is 378 g/mol. The molecule has 2 amide bonds. The van der Waals surface area contributed by atoms with Crippen molar-refractivity contribution in [1.82, 2.24) is 9.80 Å². The minimum absolute atomic E-state index is 0.0939. The first-order chi connectivity index (χ1) is 13.0. The number of piperazine rings is 1. The van der Waals surface area contributed by atoms with E-state index in [4.69, 9.17) is 14.2 Å². The monoisotopic (exact) mass is 378 g/mol. The number of ether oxygens (including phenoxy) is 3. The van der Waals surface area contributed by atoms with Crippen LogP contribution in [0.2, 0.25) is 0 Å². The van der Waals surface area contributed by atoms with Crippen LogP contribution < -0.4 is 14.2 Å². The summed E-state index contributed by atoms with van der Waals surface area (Å²) < 4.78 is 17.1. The van der Waals surface area contributed by atoms with Crippen molar-refractivity contribution in [2.24, 2.45) is 0 Å². The molecule has 0 spiro atoms. The third kappa shape index (κ3) is 5.05. The molecule has 7 heteroatoms. The summed E-state index contributed by atoms with van der Waals surface area (Å²) >= 11 is 0. The van der Waals surface area contributed by atoms with Gasteiger partial charge in [-0.25, -0.2) is 0 Å². The molecule has 0 saturated carbocycles. The number of rotatable bonds is 8. The Morgan fingerprint density at radius 2 is 1.30 bits per heavy atom. The van der Waals surface area contributed by atoms with Crippen LogP contribution in [0, 0.1) is 0 Å². The number of benzene rings is 1. The molecular formula is C20H30N2O5. The fourth-order valence-electron chi connectivity index (χ4n) is 3.08. The molecule has 0 N–H and O–H groups in total. The van der Waals surface area contributed by atoms with Crippen molar-refractivity contribution >= 4 is 11.8 Å². The van der Waals surface area contributed by atoms with Crippen molar-refractivity contribution in [1.29, 1.82) is 0 Å². The molecule has 0 atom stereocenters. The Hall–Kier alpha value is -2.44. The van der Waals surface area contributed by atoms with Gasteiger partial charge in [0.15, 0.2) is 11.5 Å². The fourth-order valence-corrected chi connectivity index (χ4v) is 3.08. The van der Waals surface area contributed by atoms with E-state index in [1.807, 2.05) is 27.7 Å². The van der Waals surface area contributed by atoms with Gasteiger partial charge in [0.05, 0.1) is 19.8 Å². The van der Waals surface area contributed by atoms with E-state index in [2.05, 4.69) is 0 Å². The summed E-state index contributed by atoms with van der Waals surface area (Å²) in [5.41, 5.74) is 0.501. The predicted octanol–water partition coefficient (Wildman–Crippen LogP) is 2.58. The van der Waals surface area contributed by atoms with E-state index < -0.39 is 0 Å². The van der Waals surface area contributed by atoms with E-state index >= 15 is 0 Å². The molecule has 0 unspecified atom stereocenters. The van der Waals surface area contributed by atoms with E-state index in [9.17, 15) is 9.59 Å². The molecule has 27 heavy (non-hydrogen) atoms. The quantitative estimate of drug-likeness (QED) is 0.695. The molecule has 0 aliphatic carbocycles. The average Bonchev–Trinajstić information content (AvgIpc) is 2.69. The van der Waals surface area contributed by atoms with Crippen molar-refractivity contribution in [2.45, 2.75) is 34.1 Å². The van der Waals surface area contributed by atoms with Gasteiger partial charge >= 0.3 is 0 Å². The summed E-state index contributed by atoms with van der Waals surface area (Å²) in [5.74, 6) is 1.57. The summed E-state index contributed by atoms with van der Waals surface area (Å²) in [6, 6.07) is 3.42. The summed E-state index contributed by atoms with van der Waals surface area (Å²) in [4.78, 5) is 28.4. The Balaban J connectivity index is 2.23. The molecule has 150 valence electrons. The Morgan fingerprint density at radius 1 is 0.815 bits per heavy atom. The molecular weight excluding hydrogens is 348 g/mol. The van der Waals surface area contributed by atoms with Crippen molar-refractivity contribution in [3.8, 4) is 17.2 Å². The lowest BCUT2D eigenvalue weighted by atomic mass is 10.1. The molecule has 1 heterocycles. The second-order valence-corrected chi connectivity index (χ2v) is 6.13. The fraction of sp³-hybridized carbons (Fsp3) is 0.600. The van der Waals surface area contributed by atoms with Crippen LogP contribution in [0.3, 0.4) is 0 Å². The van der Waals surface area contributed by atoms with E-state index in [0.29, 0.717) is 75.2 Å². The van der Waals surface area contributed by atoms with Crippen molar-refractivity contribution < 1.29 is 23.8 Å². The van der Waals surface area contributed by atoms with Gasteiger partial charge in [0, 0.05) is 38.2 Å². The van der Waals surface area contributed by atoms with Crippen LogP contribution in [0.25, 0.3) is 0 Å². The maximum absolute atomic E-state index is 13.0. The molecule has 0 aromatic heterocycles. The second-order valence-electron chi connectivity index (χ2n) is 6.13. The lowest BCUT2D eigenvalue weighted by molar-refractivity contribution is -0.132. The van der Waals surface area contributed by atoms with Gasteiger partial charge < -0.3 is 24.0 Å². The first kappa shape index (κ1) is 20.9. The third-order valence-corrected chi connectivity index (χ3v) is 4.38. The molecule has 7 nitrogen and oxygen atoms in total. The highest BCUT2D eigenvalue weighted by atomic mass is 16.5. The van der Waals surface area contributed by atoms with Crippen molar-refractivity contribution in [3.05, 3.63) is 17.7 Å². The van der Waals surface area contributed by atoms with E-state index in [1.165, 1.54) is 0 Å². The molecule has 0 bridgehead atoms. The van der Waals surface area contributed by atoms with Crippen LogP contribution in [0.5, 0.6) is 17.2 Å². The maximum Gasteiger partial charge on any atom is 0.254 e. The normalized spacial score (nSPS) is 14.1. The Morgan fingerprint density at radius 3 is 1.74 bits per heavy atom.